The fraction of sp³-hybridized carbons (Fsp3) is 0.513. The van der Waals surface area contributed by atoms with E-state index in [1.165, 1.54) is 19.6 Å². The number of imide groups is 1. The van der Waals surface area contributed by atoms with E-state index in [2.05, 4.69) is 46.5 Å². The second-order valence-electron chi connectivity index (χ2n) is 15.6. The number of aliphatic hydroxyl groups is 5. The molecule has 24 heteroatoms. The van der Waals surface area contributed by atoms with E-state index in [1.54, 1.807) is 38.1 Å². The van der Waals surface area contributed by atoms with Crippen molar-refractivity contribution in [3.05, 3.63) is 54.6 Å². The molecule has 2 fully saturated rings. The Balaban J connectivity index is 0.963. The number of aliphatic hydroxyl groups excluding tert-OH is 5. The molecule has 6 amide bonds. The van der Waals surface area contributed by atoms with Crippen LogP contribution in [0.25, 0.3) is 11.2 Å². The second-order valence-corrected chi connectivity index (χ2v) is 15.6. The number of H-pyrrole nitrogens is 1. The van der Waals surface area contributed by atoms with Crippen LogP contribution in [0, 0.1) is 5.92 Å². The van der Waals surface area contributed by atoms with Crippen molar-refractivity contribution >= 4 is 58.3 Å². The summed E-state index contributed by atoms with van der Waals surface area (Å²) in [4.78, 5) is 92.5. The Hall–Kier alpha value is -6.15. The number of hydrogen-bond donors (Lipinski definition) is 11. The number of anilines is 2. The molecule has 11 N–H and O–H groups in total. The largest absolute Gasteiger partial charge is 0.445 e. The molecule has 0 aliphatic carbocycles. The van der Waals surface area contributed by atoms with Crippen LogP contribution in [0.2, 0.25) is 0 Å². The van der Waals surface area contributed by atoms with Gasteiger partial charge in [0, 0.05) is 37.3 Å². The SMILES string of the molecule is CC(C)[C@H](NC(=O)CCN1C(=O)C=CC1=O)C(=O)N[C@@H](C)C(=O)Nc1ccc(COC(=O)N2CC[C@@H](O)[C@@H]2C(O)N[C@@H]2[C@@H](O)[C@H](O)[C@@H](Nc3ncnc4nc[nH]c34)O[C@H]2CO)cc1. The summed E-state index contributed by atoms with van der Waals surface area (Å²) in [7, 11) is 0. The van der Waals surface area contributed by atoms with Gasteiger partial charge in [0.15, 0.2) is 17.7 Å². The molecule has 1 aromatic carbocycles. The maximum absolute atomic E-state index is 13.3. The van der Waals surface area contributed by atoms with Gasteiger partial charge in [-0.15, -0.1) is 0 Å². The van der Waals surface area contributed by atoms with Gasteiger partial charge in [0.2, 0.25) is 17.7 Å². The number of amides is 6. The average Bonchev–Trinajstić information content (AvgIpc) is 3.99. The van der Waals surface area contributed by atoms with Crippen LogP contribution in [0.3, 0.4) is 0 Å². The monoisotopic (exact) mass is 881 g/mol. The summed E-state index contributed by atoms with van der Waals surface area (Å²) < 4.78 is 11.3. The molecule has 2 saturated heterocycles. The molecule has 63 heavy (non-hydrogen) atoms. The fourth-order valence-electron chi connectivity index (χ4n) is 7.32. The first-order chi connectivity index (χ1) is 30.1. The van der Waals surface area contributed by atoms with Crippen molar-refractivity contribution in [3.8, 4) is 0 Å². The molecule has 6 rings (SSSR count). The van der Waals surface area contributed by atoms with Crippen LogP contribution in [0.5, 0.6) is 0 Å². The van der Waals surface area contributed by atoms with E-state index in [0.717, 1.165) is 22.0 Å². The van der Waals surface area contributed by atoms with E-state index in [9.17, 15) is 54.3 Å². The lowest BCUT2D eigenvalue weighted by Crippen LogP contribution is -2.68. The molecule has 0 saturated carbocycles. The zero-order valence-corrected chi connectivity index (χ0v) is 34.5. The third-order valence-corrected chi connectivity index (χ3v) is 10.8. The highest BCUT2D eigenvalue weighted by atomic mass is 16.6. The normalized spacial score (nSPS) is 24.9. The Morgan fingerprint density at radius 1 is 0.968 bits per heavy atom. The van der Waals surface area contributed by atoms with Crippen LogP contribution in [-0.2, 0) is 40.1 Å². The zero-order chi connectivity index (χ0) is 45.5. The Kier molecular flexibility index (Phi) is 15.0. The number of aromatic nitrogens is 4. The summed E-state index contributed by atoms with van der Waals surface area (Å²) in [5.74, 6) is -2.95. The number of nitrogens with zero attached hydrogens (tertiary/aromatic N) is 5. The number of fused-ring (bicyclic) bond motifs is 1. The number of carbonyl (C=O) groups is 6. The Bertz CT molecular complexity index is 2150. The van der Waals surface area contributed by atoms with Crippen molar-refractivity contribution in [2.45, 2.75) is 101 Å². The molecule has 0 spiro atoms. The fourth-order valence-corrected chi connectivity index (χ4v) is 7.32. The highest BCUT2D eigenvalue weighted by Crippen LogP contribution is 2.27. The third kappa shape index (κ3) is 10.9. The number of rotatable bonds is 17. The Labute approximate surface area is 359 Å². The third-order valence-electron chi connectivity index (χ3n) is 10.8. The van der Waals surface area contributed by atoms with Crippen molar-refractivity contribution in [2.24, 2.45) is 5.92 Å². The van der Waals surface area contributed by atoms with Gasteiger partial charge in [-0.2, -0.15) is 0 Å². The number of nitrogens with one attached hydrogen (secondary N) is 6. The second kappa shape index (κ2) is 20.4. The lowest BCUT2D eigenvalue weighted by atomic mass is 9.94. The van der Waals surface area contributed by atoms with E-state index in [1.807, 2.05) is 0 Å². The van der Waals surface area contributed by atoms with Gasteiger partial charge in [-0.05, 0) is 37.0 Å². The lowest BCUT2D eigenvalue weighted by molar-refractivity contribution is -0.191. The van der Waals surface area contributed by atoms with Gasteiger partial charge in [0.1, 0.15) is 61.1 Å². The van der Waals surface area contributed by atoms with Crippen LogP contribution in [0.4, 0.5) is 16.3 Å². The van der Waals surface area contributed by atoms with Crippen LogP contribution in [0.1, 0.15) is 39.2 Å². The van der Waals surface area contributed by atoms with Gasteiger partial charge in [-0.3, -0.25) is 39.1 Å². The van der Waals surface area contributed by atoms with Crippen LogP contribution < -0.4 is 26.6 Å². The number of aromatic amines is 1. The quantitative estimate of drug-likeness (QED) is 0.0480. The van der Waals surface area contributed by atoms with Crippen LogP contribution >= 0.6 is 0 Å². The molecule has 24 nitrogen and oxygen atoms in total. The minimum atomic E-state index is -1.68. The predicted molar refractivity (Wildman–Crippen MR) is 217 cm³/mol. The minimum Gasteiger partial charge on any atom is -0.445 e. The van der Waals surface area contributed by atoms with E-state index < -0.39 is 103 Å². The van der Waals surface area contributed by atoms with Crippen LogP contribution in [-0.4, -0.2) is 172 Å². The smallest absolute Gasteiger partial charge is 0.410 e. The molecule has 3 aliphatic rings. The van der Waals surface area contributed by atoms with E-state index in [0.29, 0.717) is 22.4 Å². The van der Waals surface area contributed by atoms with E-state index in [-0.39, 0.29) is 44.3 Å². The molecule has 0 radical (unpaired) electrons. The molecule has 2 aromatic heterocycles. The van der Waals surface area contributed by atoms with Crippen molar-refractivity contribution in [2.75, 3.05) is 30.3 Å². The molecule has 3 aromatic rings. The zero-order valence-electron chi connectivity index (χ0n) is 34.5. The Morgan fingerprint density at radius 2 is 1.68 bits per heavy atom. The number of likely N-dealkylation sites (tertiary alicyclic amines) is 1. The van der Waals surface area contributed by atoms with Gasteiger partial charge >= 0.3 is 6.09 Å². The molecule has 3 aliphatic heterocycles. The van der Waals surface area contributed by atoms with Crippen molar-refractivity contribution in [3.63, 3.8) is 0 Å². The van der Waals surface area contributed by atoms with Gasteiger partial charge in [-0.25, -0.2) is 19.7 Å². The highest BCUT2D eigenvalue weighted by molar-refractivity contribution is 6.13. The molecule has 0 bridgehead atoms. The number of hydrogen-bond acceptors (Lipinski definition) is 18. The van der Waals surface area contributed by atoms with Crippen molar-refractivity contribution < 1.29 is 63.8 Å². The average molecular weight is 882 g/mol. The molecule has 5 heterocycles. The summed E-state index contributed by atoms with van der Waals surface area (Å²) in [6, 6.07) is 1.70. The predicted octanol–water partition coefficient (Wildman–Crippen LogP) is -2.85. The minimum absolute atomic E-state index is 0.0111. The topological polar surface area (TPSA) is 343 Å². The number of imidazole rings is 1. The summed E-state index contributed by atoms with van der Waals surface area (Å²) in [6.07, 6.45) is -4.70. The molecule has 340 valence electrons. The maximum Gasteiger partial charge on any atom is 0.410 e. The Morgan fingerprint density at radius 3 is 2.37 bits per heavy atom. The molecular formula is C39H51N11O13. The summed E-state index contributed by atoms with van der Waals surface area (Å²) >= 11 is 0. The molecule has 1 unspecified atom stereocenters. The summed E-state index contributed by atoms with van der Waals surface area (Å²) in [5, 5.41) is 67.7. The first-order valence-electron chi connectivity index (χ1n) is 20.2. The molecular weight excluding hydrogens is 830 g/mol. The van der Waals surface area contributed by atoms with Crippen molar-refractivity contribution in [1.82, 2.24) is 45.7 Å². The first kappa shape index (κ1) is 46.4. The van der Waals surface area contributed by atoms with Gasteiger partial charge in [0.25, 0.3) is 11.8 Å². The van der Waals surface area contributed by atoms with E-state index in [4.69, 9.17) is 9.47 Å². The van der Waals surface area contributed by atoms with Gasteiger partial charge in [0.05, 0.1) is 25.1 Å². The van der Waals surface area contributed by atoms with Crippen LogP contribution in [0.15, 0.2) is 49.1 Å². The van der Waals surface area contributed by atoms with Crippen molar-refractivity contribution in [1.29, 1.82) is 0 Å². The van der Waals surface area contributed by atoms with Gasteiger partial charge in [-0.1, -0.05) is 26.0 Å². The number of ether oxygens (including phenoxy) is 2. The number of benzene rings is 1. The standard InChI is InChI=1S/C39H51N11O13/c1-18(2)27(46-24(53)11-13-49-25(54)8-9-26(49)55)36(59)44-19(3)35(58)45-21-6-4-20(5-7-21)15-62-39(61)50-12-10-22(52)30(50)37(60)47-28-23(14-51)63-38(32(57)31(28)56)48-34-29-33(41-16-40-29)42-17-43-34/h4-9,16-19,22-23,27-28,30-32,37-38,47,51-52,56-57,60H,10-15H2,1-3H3,(H,44,59)(H,45,58)(H,46,53)(H2,40,41,42,43,48)/t19-,22+,23-,27-,28-,30+,31+,32-,37?,38-/m0/s1. The van der Waals surface area contributed by atoms with Gasteiger partial charge < -0.3 is 61.3 Å². The maximum atomic E-state index is 13.3. The first-order valence-corrected chi connectivity index (χ1v) is 20.2. The lowest BCUT2D eigenvalue weighted by Gasteiger charge is -2.44. The molecule has 10 atom stereocenters. The highest BCUT2D eigenvalue weighted by Gasteiger charge is 2.48. The van der Waals surface area contributed by atoms with E-state index >= 15 is 0 Å². The summed E-state index contributed by atoms with van der Waals surface area (Å²) in [5.41, 5.74) is 1.62. The number of carbonyl (C=O) groups excluding carboxylic acids is 6. The summed E-state index contributed by atoms with van der Waals surface area (Å²) in [6.45, 7) is 3.85.